The SMILES string of the molecule is CCCCN(CC(O)C[n+]1ccc(/C=C/c2ccc(N(C)C)cc2)cc1)CC(O)C[n+]1ccc(/C=C/c2ccc(N(C)C)cc2)cc1.[Cl-].[Cl-]. The zero-order valence-electron chi connectivity index (χ0n) is 29.5. The molecule has 264 valence electrons. The number of aromatic nitrogens is 2. The molecule has 2 heterocycles. The predicted molar refractivity (Wildman–Crippen MR) is 196 cm³/mol. The largest absolute Gasteiger partial charge is 1.00 e. The summed E-state index contributed by atoms with van der Waals surface area (Å²) < 4.78 is 4.04. The van der Waals surface area contributed by atoms with Gasteiger partial charge in [0.25, 0.3) is 0 Å². The Balaban J connectivity index is 0.00000417. The molecule has 2 N–H and O–H groups in total. The van der Waals surface area contributed by atoms with Gasteiger partial charge < -0.3 is 44.8 Å². The van der Waals surface area contributed by atoms with E-state index in [4.69, 9.17) is 0 Å². The fraction of sp³-hybridized carbons (Fsp3) is 0.350. The van der Waals surface area contributed by atoms with Crippen molar-refractivity contribution in [2.45, 2.75) is 45.1 Å². The molecule has 2 unspecified atom stereocenters. The maximum absolute atomic E-state index is 11.0. The van der Waals surface area contributed by atoms with Crippen molar-refractivity contribution < 1.29 is 44.2 Å². The second-order valence-corrected chi connectivity index (χ2v) is 12.7. The molecule has 4 aromatic rings. The van der Waals surface area contributed by atoms with Crippen LogP contribution in [0.15, 0.2) is 97.6 Å². The third kappa shape index (κ3) is 14.3. The number of hydrogen-bond acceptors (Lipinski definition) is 5. The Hall–Kier alpha value is -3.72. The van der Waals surface area contributed by atoms with Gasteiger partial charge in [0, 0.05) is 76.9 Å². The molecule has 2 aromatic carbocycles. The summed E-state index contributed by atoms with van der Waals surface area (Å²) in [6.45, 7) is 5.03. The molecule has 0 fully saturated rings. The van der Waals surface area contributed by atoms with Gasteiger partial charge in [-0.1, -0.05) is 61.9 Å². The van der Waals surface area contributed by atoms with Gasteiger partial charge >= 0.3 is 0 Å². The van der Waals surface area contributed by atoms with Gasteiger partial charge in [-0.2, -0.15) is 0 Å². The van der Waals surface area contributed by atoms with Crippen LogP contribution in [0.3, 0.4) is 0 Å². The van der Waals surface area contributed by atoms with E-state index in [0.717, 1.165) is 41.6 Å². The van der Waals surface area contributed by atoms with Crippen LogP contribution in [-0.4, -0.2) is 75.1 Å². The van der Waals surface area contributed by atoms with Crippen molar-refractivity contribution in [2.75, 3.05) is 57.6 Å². The quantitative estimate of drug-likeness (QED) is 0.142. The zero-order valence-corrected chi connectivity index (χ0v) is 31.0. The van der Waals surface area contributed by atoms with Crippen LogP contribution in [0.2, 0.25) is 0 Å². The molecule has 0 aliphatic carbocycles. The second kappa shape index (κ2) is 21.4. The summed E-state index contributed by atoms with van der Waals surface area (Å²) in [4.78, 5) is 6.38. The van der Waals surface area contributed by atoms with E-state index in [-0.39, 0.29) is 24.8 Å². The fourth-order valence-electron chi connectivity index (χ4n) is 5.39. The molecule has 7 nitrogen and oxygen atoms in total. The molecular formula is C40H53Cl2N5O2. The van der Waals surface area contributed by atoms with Crippen LogP contribution in [0.1, 0.15) is 42.0 Å². The summed E-state index contributed by atoms with van der Waals surface area (Å²) in [5.74, 6) is 0. The lowest BCUT2D eigenvalue weighted by molar-refractivity contribution is -0.704. The van der Waals surface area contributed by atoms with Gasteiger partial charge in [0.2, 0.25) is 0 Å². The lowest BCUT2D eigenvalue weighted by Crippen LogP contribution is -3.00. The Kier molecular flexibility index (Phi) is 18.1. The first-order valence-electron chi connectivity index (χ1n) is 16.7. The van der Waals surface area contributed by atoms with Crippen molar-refractivity contribution in [3.05, 3.63) is 120 Å². The monoisotopic (exact) mass is 705 g/mol. The summed E-state index contributed by atoms with van der Waals surface area (Å²) in [5.41, 5.74) is 6.89. The number of hydrogen-bond donors (Lipinski definition) is 2. The Morgan fingerprint density at radius 2 is 0.878 bits per heavy atom. The van der Waals surface area contributed by atoms with Gasteiger partial charge in [0.05, 0.1) is 0 Å². The minimum Gasteiger partial charge on any atom is -1.00 e. The number of rotatable bonds is 17. The number of nitrogens with zero attached hydrogens (tertiary/aromatic N) is 5. The average molecular weight is 707 g/mol. The highest BCUT2D eigenvalue weighted by Crippen LogP contribution is 2.15. The number of aliphatic hydroxyl groups excluding tert-OH is 2. The fourth-order valence-corrected chi connectivity index (χ4v) is 5.39. The summed E-state index contributed by atoms with van der Waals surface area (Å²) in [7, 11) is 8.17. The van der Waals surface area contributed by atoms with Crippen molar-refractivity contribution in [1.29, 1.82) is 0 Å². The van der Waals surface area contributed by atoms with Gasteiger partial charge in [-0.05, 0) is 59.5 Å². The summed E-state index contributed by atoms with van der Waals surface area (Å²) in [6.07, 6.45) is 17.5. The van der Waals surface area contributed by atoms with Gasteiger partial charge in [0.1, 0.15) is 12.2 Å². The van der Waals surface area contributed by atoms with Crippen molar-refractivity contribution in [2.24, 2.45) is 0 Å². The van der Waals surface area contributed by atoms with E-state index < -0.39 is 12.2 Å². The molecule has 2 aromatic heterocycles. The van der Waals surface area contributed by atoms with Crippen LogP contribution in [0.4, 0.5) is 11.4 Å². The highest BCUT2D eigenvalue weighted by atomic mass is 35.5. The minimum atomic E-state index is -0.543. The zero-order chi connectivity index (χ0) is 33.6. The topological polar surface area (TPSA) is 57.9 Å². The van der Waals surface area contributed by atoms with E-state index in [9.17, 15) is 10.2 Å². The molecule has 4 rings (SSSR count). The smallest absolute Gasteiger partial charge is 0.175 e. The van der Waals surface area contributed by atoms with Crippen molar-refractivity contribution in [1.82, 2.24) is 4.90 Å². The number of aliphatic hydroxyl groups is 2. The van der Waals surface area contributed by atoms with E-state index in [1.165, 1.54) is 11.4 Å². The Labute approximate surface area is 306 Å². The molecular weight excluding hydrogens is 653 g/mol. The normalized spacial score (nSPS) is 12.5. The van der Waals surface area contributed by atoms with Crippen molar-refractivity contribution in [3.8, 4) is 0 Å². The molecule has 0 spiro atoms. The van der Waals surface area contributed by atoms with Gasteiger partial charge in [0.15, 0.2) is 37.9 Å². The lowest BCUT2D eigenvalue weighted by atomic mass is 10.1. The molecule has 0 aliphatic heterocycles. The molecule has 0 saturated heterocycles. The van der Waals surface area contributed by atoms with Crippen LogP contribution in [-0.2, 0) is 13.1 Å². The average Bonchev–Trinajstić information content (AvgIpc) is 3.07. The summed E-state index contributed by atoms with van der Waals surface area (Å²) in [5, 5.41) is 22.0. The van der Waals surface area contributed by atoms with Crippen LogP contribution >= 0.6 is 0 Å². The van der Waals surface area contributed by atoms with Crippen LogP contribution < -0.4 is 43.7 Å². The summed E-state index contributed by atoms with van der Waals surface area (Å²) in [6, 6.07) is 25.2. The molecule has 0 aliphatic rings. The summed E-state index contributed by atoms with van der Waals surface area (Å²) >= 11 is 0. The number of pyridine rings is 2. The first kappa shape index (κ1) is 41.5. The highest BCUT2D eigenvalue weighted by molar-refractivity contribution is 5.71. The van der Waals surface area contributed by atoms with Gasteiger partial charge in [-0.15, -0.1) is 0 Å². The molecule has 0 amide bonds. The molecule has 2 atom stereocenters. The first-order chi connectivity index (χ1) is 22.7. The molecule has 49 heavy (non-hydrogen) atoms. The second-order valence-electron chi connectivity index (χ2n) is 12.7. The number of unbranched alkanes of at least 4 members (excludes halogenated alkanes) is 1. The minimum absolute atomic E-state index is 0. The molecule has 0 radical (unpaired) electrons. The van der Waals surface area contributed by atoms with Crippen LogP contribution in [0, 0.1) is 0 Å². The van der Waals surface area contributed by atoms with Crippen molar-refractivity contribution in [3.63, 3.8) is 0 Å². The van der Waals surface area contributed by atoms with E-state index >= 15 is 0 Å². The number of anilines is 2. The van der Waals surface area contributed by atoms with Gasteiger partial charge in [-0.3, -0.25) is 4.90 Å². The molecule has 9 heteroatoms. The van der Waals surface area contributed by atoms with E-state index in [1.54, 1.807) is 0 Å². The number of benzene rings is 2. The third-order valence-corrected chi connectivity index (χ3v) is 8.20. The van der Waals surface area contributed by atoms with E-state index in [1.807, 2.05) is 62.1 Å². The van der Waals surface area contributed by atoms with Crippen molar-refractivity contribution >= 4 is 35.7 Å². The Morgan fingerprint density at radius 1 is 0.551 bits per heavy atom. The first-order valence-corrected chi connectivity index (χ1v) is 16.7. The number of halogens is 2. The lowest BCUT2D eigenvalue weighted by Gasteiger charge is -2.25. The highest BCUT2D eigenvalue weighted by Gasteiger charge is 2.20. The van der Waals surface area contributed by atoms with E-state index in [0.29, 0.717) is 26.2 Å². The predicted octanol–water partition coefficient (Wildman–Crippen LogP) is -0.733. The maximum atomic E-state index is 11.0. The van der Waals surface area contributed by atoms with Crippen LogP contribution in [0.25, 0.3) is 24.3 Å². The third-order valence-electron chi connectivity index (χ3n) is 8.20. The molecule has 0 saturated carbocycles. The Morgan fingerprint density at radius 3 is 1.18 bits per heavy atom. The van der Waals surface area contributed by atoms with Gasteiger partial charge in [-0.25, -0.2) is 9.13 Å². The molecule has 0 bridgehead atoms. The van der Waals surface area contributed by atoms with Crippen LogP contribution in [0.5, 0.6) is 0 Å². The standard InChI is InChI=1S/C40H53N5O2.2ClH/c1-6-7-24-45(31-39(46)29-43-25-20-35(21-26-43)10-8-33-12-16-37(17-13-33)41(2)3)32-40(47)30-44-27-22-36(23-28-44)11-9-34-14-18-38(19-15-34)42(4)5;;/h8-23,25-28,39-40,46-47H,6-7,24,29-32H2,1-5H3;2*1H/q+2;;/p-2. The Bertz CT molecular complexity index is 1430. The van der Waals surface area contributed by atoms with E-state index in [2.05, 4.69) is 119 Å². The maximum Gasteiger partial charge on any atom is 0.175 e.